The van der Waals surface area contributed by atoms with E-state index in [4.69, 9.17) is 9.47 Å². The van der Waals surface area contributed by atoms with Gasteiger partial charge in [0.1, 0.15) is 11.5 Å². The van der Waals surface area contributed by atoms with Gasteiger partial charge in [-0.25, -0.2) is 0 Å². The zero-order chi connectivity index (χ0) is 25.0. The number of allylic oxidation sites excluding steroid dienone is 1. The Labute approximate surface area is 213 Å². The normalized spacial score (nSPS) is 11.1. The van der Waals surface area contributed by atoms with Gasteiger partial charge in [-0.1, -0.05) is 103 Å². The Bertz CT molecular complexity index is 821. The Morgan fingerprint density at radius 3 is 1.51 bits per heavy atom. The second-order valence-electron chi connectivity index (χ2n) is 9.38. The lowest BCUT2D eigenvalue weighted by Gasteiger charge is -2.07. The van der Waals surface area contributed by atoms with E-state index in [0.29, 0.717) is 5.56 Å². The molecular weight excluding hydrogens is 432 g/mol. The van der Waals surface area contributed by atoms with Crippen LogP contribution >= 0.6 is 0 Å². The molecule has 0 aromatic heterocycles. The maximum Gasteiger partial charge on any atom is 0.185 e. The van der Waals surface area contributed by atoms with Gasteiger partial charge in [-0.3, -0.25) is 4.79 Å². The fourth-order valence-electron chi connectivity index (χ4n) is 3.98. The Morgan fingerprint density at radius 2 is 1.03 bits per heavy atom. The third-order valence-corrected chi connectivity index (χ3v) is 6.23. The predicted molar refractivity (Wildman–Crippen MR) is 149 cm³/mol. The summed E-state index contributed by atoms with van der Waals surface area (Å²) in [5.41, 5.74) is 1.66. The predicted octanol–water partition coefficient (Wildman–Crippen LogP) is 9.45. The highest BCUT2D eigenvalue weighted by molar-refractivity contribution is 6.06. The van der Waals surface area contributed by atoms with Crippen molar-refractivity contribution < 1.29 is 14.3 Å². The molecule has 0 spiro atoms. The van der Waals surface area contributed by atoms with Crippen LogP contribution in [0.2, 0.25) is 0 Å². The van der Waals surface area contributed by atoms with Crippen molar-refractivity contribution in [1.29, 1.82) is 0 Å². The number of carbonyl (C=O) groups is 1. The number of unbranched alkanes of at least 4 members (excludes halogenated alkanes) is 11. The molecule has 3 nitrogen and oxygen atoms in total. The molecule has 0 heterocycles. The summed E-state index contributed by atoms with van der Waals surface area (Å²) in [6, 6.07) is 15.4. The Kier molecular flexibility index (Phi) is 15.4. The molecule has 0 aliphatic carbocycles. The standard InChI is InChI=1S/C32H46O3/c1-3-5-7-9-10-11-13-15-27-35-31-23-19-29(20-24-31)32(33)25-18-28-16-21-30(22-17-28)34-26-14-12-8-6-4-2/h16-25H,3-15,26-27H2,1-2H3/b25-18+. The average Bonchev–Trinajstić information content (AvgIpc) is 2.89. The maximum atomic E-state index is 12.5. The third-order valence-electron chi connectivity index (χ3n) is 6.23. The molecule has 0 aliphatic rings. The smallest absolute Gasteiger partial charge is 0.185 e. The van der Waals surface area contributed by atoms with Crippen LogP contribution in [-0.2, 0) is 0 Å². The van der Waals surface area contributed by atoms with Gasteiger partial charge in [0, 0.05) is 5.56 Å². The first-order valence-corrected chi connectivity index (χ1v) is 13.9. The molecule has 0 saturated heterocycles. The molecule has 2 aromatic carbocycles. The van der Waals surface area contributed by atoms with Gasteiger partial charge < -0.3 is 9.47 Å². The largest absolute Gasteiger partial charge is 0.494 e. The van der Waals surface area contributed by atoms with E-state index in [-0.39, 0.29) is 5.78 Å². The highest BCUT2D eigenvalue weighted by Crippen LogP contribution is 2.17. The molecule has 0 N–H and O–H groups in total. The molecular formula is C32H46O3. The van der Waals surface area contributed by atoms with Crippen LogP contribution in [0.1, 0.15) is 113 Å². The van der Waals surface area contributed by atoms with Crippen LogP contribution in [0.3, 0.4) is 0 Å². The summed E-state index contributed by atoms with van der Waals surface area (Å²) >= 11 is 0. The fraction of sp³-hybridized carbons (Fsp3) is 0.531. The van der Waals surface area contributed by atoms with Crippen LogP contribution in [0, 0.1) is 0 Å². The Balaban J connectivity index is 1.64. The van der Waals surface area contributed by atoms with Crippen molar-refractivity contribution in [3.63, 3.8) is 0 Å². The summed E-state index contributed by atoms with van der Waals surface area (Å²) in [7, 11) is 0. The lowest BCUT2D eigenvalue weighted by Crippen LogP contribution is -1.99. The number of hydrogen-bond acceptors (Lipinski definition) is 3. The van der Waals surface area contributed by atoms with Crippen LogP contribution in [0.25, 0.3) is 6.08 Å². The summed E-state index contributed by atoms with van der Waals surface area (Å²) in [4.78, 5) is 12.5. The van der Waals surface area contributed by atoms with E-state index in [1.54, 1.807) is 6.08 Å². The fourth-order valence-corrected chi connectivity index (χ4v) is 3.98. The van der Waals surface area contributed by atoms with Crippen molar-refractivity contribution in [1.82, 2.24) is 0 Å². The molecule has 3 heteroatoms. The molecule has 0 atom stereocenters. The molecule has 2 aromatic rings. The van der Waals surface area contributed by atoms with E-state index in [2.05, 4.69) is 13.8 Å². The lowest BCUT2D eigenvalue weighted by atomic mass is 10.1. The second kappa shape index (κ2) is 18.7. The first-order valence-electron chi connectivity index (χ1n) is 13.9. The molecule has 0 saturated carbocycles. The molecule has 0 unspecified atom stereocenters. The minimum Gasteiger partial charge on any atom is -0.494 e. The van der Waals surface area contributed by atoms with Crippen LogP contribution in [0.15, 0.2) is 54.6 Å². The minimum absolute atomic E-state index is 0.00738. The SMILES string of the molecule is CCCCCCCCCCOc1ccc(C(=O)/C=C/c2ccc(OCCCCCCC)cc2)cc1. The number of rotatable bonds is 20. The quantitative estimate of drug-likeness (QED) is 0.108. The monoisotopic (exact) mass is 478 g/mol. The van der Waals surface area contributed by atoms with Crippen LogP contribution < -0.4 is 9.47 Å². The topological polar surface area (TPSA) is 35.5 Å². The summed E-state index contributed by atoms with van der Waals surface area (Å²) in [5.74, 6) is 1.70. The van der Waals surface area contributed by atoms with Crippen molar-refractivity contribution in [3.05, 3.63) is 65.7 Å². The van der Waals surface area contributed by atoms with Gasteiger partial charge in [0.2, 0.25) is 0 Å². The Morgan fingerprint density at radius 1 is 0.600 bits per heavy atom. The van der Waals surface area contributed by atoms with Crippen molar-refractivity contribution in [3.8, 4) is 11.5 Å². The highest BCUT2D eigenvalue weighted by Gasteiger charge is 2.03. The Hall–Kier alpha value is -2.55. The zero-order valence-corrected chi connectivity index (χ0v) is 22.1. The number of carbonyl (C=O) groups excluding carboxylic acids is 1. The van der Waals surface area contributed by atoms with Crippen LogP contribution in [0.5, 0.6) is 11.5 Å². The molecule has 192 valence electrons. The van der Waals surface area contributed by atoms with Gasteiger partial charge >= 0.3 is 0 Å². The first-order chi connectivity index (χ1) is 17.2. The van der Waals surface area contributed by atoms with Gasteiger partial charge in [0.05, 0.1) is 13.2 Å². The molecule has 35 heavy (non-hydrogen) atoms. The third kappa shape index (κ3) is 13.2. The summed E-state index contributed by atoms with van der Waals surface area (Å²) in [5, 5.41) is 0. The van der Waals surface area contributed by atoms with Crippen LogP contribution in [-0.4, -0.2) is 19.0 Å². The van der Waals surface area contributed by atoms with E-state index in [9.17, 15) is 4.79 Å². The van der Waals surface area contributed by atoms with Gasteiger partial charge in [-0.15, -0.1) is 0 Å². The lowest BCUT2D eigenvalue weighted by molar-refractivity contribution is 0.104. The molecule has 2 rings (SSSR count). The molecule has 0 amide bonds. The summed E-state index contributed by atoms with van der Waals surface area (Å²) in [6.45, 7) is 5.98. The van der Waals surface area contributed by atoms with E-state index in [0.717, 1.165) is 43.1 Å². The van der Waals surface area contributed by atoms with Gasteiger partial charge in [-0.05, 0) is 60.9 Å². The van der Waals surface area contributed by atoms with Crippen molar-refractivity contribution in [2.24, 2.45) is 0 Å². The second-order valence-corrected chi connectivity index (χ2v) is 9.38. The van der Waals surface area contributed by atoms with E-state index >= 15 is 0 Å². The van der Waals surface area contributed by atoms with Gasteiger partial charge in [0.15, 0.2) is 5.78 Å². The number of ketones is 1. The van der Waals surface area contributed by atoms with Crippen LogP contribution in [0.4, 0.5) is 0 Å². The van der Waals surface area contributed by atoms with Gasteiger partial charge in [0.25, 0.3) is 0 Å². The van der Waals surface area contributed by atoms with Gasteiger partial charge in [-0.2, -0.15) is 0 Å². The minimum atomic E-state index is -0.00738. The van der Waals surface area contributed by atoms with E-state index < -0.39 is 0 Å². The van der Waals surface area contributed by atoms with Crippen molar-refractivity contribution in [2.45, 2.75) is 97.3 Å². The average molecular weight is 479 g/mol. The molecule has 0 bridgehead atoms. The first kappa shape index (κ1) is 28.7. The number of hydrogen-bond donors (Lipinski definition) is 0. The highest BCUT2D eigenvalue weighted by atomic mass is 16.5. The molecule has 0 fully saturated rings. The van der Waals surface area contributed by atoms with Crippen molar-refractivity contribution in [2.75, 3.05) is 13.2 Å². The summed E-state index contributed by atoms with van der Waals surface area (Å²) < 4.78 is 11.6. The number of ether oxygens (including phenoxy) is 2. The maximum absolute atomic E-state index is 12.5. The molecule has 0 aliphatic heterocycles. The van der Waals surface area contributed by atoms with E-state index in [1.165, 1.54) is 70.6 Å². The van der Waals surface area contributed by atoms with Crippen molar-refractivity contribution >= 4 is 11.9 Å². The molecule has 0 radical (unpaired) electrons. The zero-order valence-electron chi connectivity index (χ0n) is 22.1. The van der Waals surface area contributed by atoms with E-state index in [1.807, 2.05) is 54.6 Å². The number of benzene rings is 2. The summed E-state index contributed by atoms with van der Waals surface area (Å²) in [6.07, 6.45) is 20.0.